The van der Waals surface area contributed by atoms with Crippen molar-refractivity contribution in [2.24, 2.45) is 16.6 Å². The molecule has 2 unspecified atom stereocenters. The van der Waals surface area contributed by atoms with E-state index >= 15 is 0 Å². The zero-order chi connectivity index (χ0) is 8.01. The van der Waals surface area contributed by atoms with Crippen LogP contribution in [0.25, 0.3) is 0 Å². The molecule has 3 heterocycles. The van der Waals surface area contributed by atoms with Crippen molar-refractivity contribution in [3.63, 3.8) is 0 Å². The van der Waals surface area contributed by atoms with Gasteiger partial charge in [-0.05, 0) is 13.8 Å². The van der Waals surface area contributed by atoms with E-state index in [0.717, 1.165) is 0 Å². The Morgan fingerprint density at radius 3 is 2.73 bits per heavy atom. The third-order valence-corrected chi connectivity index (χ3v) is 2.73. The van der Waals surface area contributed by atoms with Crippen molar-refractivity contribution >= 4 is 6.21 Å². The van der Waals surface area contributed by atoms with Gasteiger partial charge in [0, 0.05) is 30.4 Å². The first-order valence-corrected chi connectivity index (χ1v) is 3.99. The summed E-state index contributed by atoms with van der Waals surface area (Å²) < 4.78 is 0. The molecule has 1 saturated heterocycles. The molecule has 2 bridgehead atoms. The zero-order valence-corrected chi connectivity index (χ0v) is 6.86. The van der Waals surface area contributed by atoms with E-state index in [4.69, 9.17) is 5.73 Å². The van der Waals surface area contributed by atoms with Gasteiger partial charge in [-0.25, -0.2) is 4.99 Å². The van der Waals surface area contributed by atoms with Crippen LogP contribution < -0.4 is 5.73 Å². The molecule has 2 atom stereocenters. The molecule has 0 aromatic heterocycles. The predicted molar refractivity (Wildman–Crippen MR) is 45.0 cm³/mol. The molecule has 0 aromatic rings. The van der Waals surface area contributed by atoms with E-state index in [-0.39, 0.29) is 0 Å². The number of hydrogen-bond donors (Lipinski definition) is 1. The van der Waals surface area contributed by atoms with Crippen molar-refractivity contribution in [2.45, 2.75) is 25.9 Å². The molecule has 0 spiro atoms. The molecule has 3 rings (SSSR count). The summed E-state index contributed by atoms with van der Waals surface area (Å²) in [6, 6.07) is 1.16. The molecule has 3 heteroatoms. The van der Waals surface area contributed by atoms with Crippen molar-refractivity contribution in [3.8, 4) is 0 Å². The first kappa shape index (κ1) is 6.70. The molecule has 3 nitrogen and oxygen atoms in total. The number of rotatable bonds is 0. The molecule has 0 aliphatic carbocycles. The normalized spacial score (nSPS) is 41.1. The van der Waals surface area contributed by atoms with E-state index in [1.807, 2.05) is 12.4 Å². The van der Waals surface area contributed by atoms with Crippen LogP contribution in [0, 0.1) is 5.92 Å². The van der Waals surface area contributed by atoms with Crippen LogP contribution >= 0.6 is 0 Å². The fourth-order valence-corrected chi connectivity index (χ4v) is 1.91. The van der Waals surface area contributed by atoms with Crippen LogP contribution in [0.1, 0.15) is 13.8 Å². The quantitative estimate of drug-likeness (QED) is 0.549. The minimum Gasteiger partial charge on any atom is -0.383 e. The molecule has 60 valence electrons. The van der Waals surface area contributed by atoms with Crippen molar-refractivity contribution in [1.29, 1.82) is 0 Å². The summed E-state index contributed by atoms with van der Waals surface area (Å²) in [7, 11) is 0. The molecule has 0 amide bonds. The molecule has 0 radical (unpaired) electrons. The van der Waals surface area contributed by atoms with Gasteiger partial charge in [0.05, 0.1) is 0 Å². The van der Waals surface area contributed by atoms with Gasteiger partial charge in [-0.15, -0.1) is 0 Å². The standard InChI is InChI=1S/C8H13N3/c1-5-7-3-10-8(9)4-11(5)6(7)2/h3-7H,9H2,1-2H3. The second kappa shape index (κ2) is 2.00. The Balaban J connectivity index is 2.30. The van der Waals surface area contributed by atoms with Crippen LogP contribution in [0.15, 0.2) is 17.0 Å². The molecule has 1 fully saturated rings. The monoisotopic (exact) mass is 151 g/mol. The maximum absolute atomic E-state index is 5.60. The number of nitrogens with zero attached hydrogens (tertiary/aromatic N) is 2. The maximum atomic E-state index is 5.60. The van der Waals surface area contributed by atoms with Crippen molar-refractivity contribution in [2.75, 3.05) is 0 Å². The molecule has 11 heavy (non-hydrogen) atoms. The van der Waals surface area contributed by atoms with Crippen molar-refractivity contribution in [1.82, 2.24) is 4.90 Å². The van der Waals surface area contributed by atoms with Crippen LogP contribution in [0.2, 0.25) is 0 Å². The topological polar surface area (TPSA) is 41.6 Å². The summed E-state index contributed by atoms with van der Waals surface area (Å²) in [5.74, 6) is 1.22. The van der Waals surface area contributed by atoms with Crippen LogP contribution in [-0.4, -0.2) is 23.2 Å². The van der Waals surface area contributed by atoms with E-state index < -0.39 is 0 Å². The lowest BCUT2D eigenvalue weighted by Crippen LogP contribution is -2.58. The first-order chi connectivity index (χ1) is 5.20. The van der Waals surface area contributed by atoms with E-state index in [2.05, 4.69) is 23.7 Å². The lowest BCUT2D eigenvalue weighted by molar-refractivity contribution is 0.0552. The average molecular weight is 151 g/mol. The Labute approximate surface area is 66.6 Å². The second-order valence-corrected chi connectivity index (χ2v) is 3.34. The Hall–Kier alpha value is -0.990. The molecular weight excluding hydrogens is 138 g/mol. The number of hydrogen-bond acceptors (Lipinski definition) is 3. The molecule has 0 saturated carbocycles. The highest BCUT2D eigenvalue weighted by molar-refractivity contribution is 5.67. The van der Waals surface area contributed by atoms with Crippen LogP contribution in [0.4, 0.5) is 0 Å². The molecule has 0 aromatic carbocycles. The minimum atomic E-state index is 0.579. The van der Waals surface area contributed by atoms with Gasteiger partial charge in [-0.1, -0.05) is 0 Å². The van der Waals surface area contributed by atoms with Crippen LogP contribution in [-0.2, 0) is 0 Å². The smallest absolute Gasteiger partial charge is 0.139 e. The maximum Gasteiger partial charge on any atom is 0.139 e. The lowest BCUT2D eigenvalue weighted by atomic mass is 9.83. The summed E-state index contributed by atoms with van der Waals surface area (Å²) in [5.41, 5.74) is 5.60. The zero-order valence-electron chi connectivity index (χ0n) is 6.86. The van der Waals surface area contributed by atoms with Gasteiger partial charge in [0.2, 0.25) is 0 Å². The van der Waals surface area contributed by atoms with Crippen molar-refractivity contribution in [3.05, 3.63) is 12.0 Å². The SMILES string of the molecule is CC1C2C=NC(N)=CN1C2C. The van der Waals surface area contributed by atoms with E-state index in [0.29, 0.717) is 23.8 Å². The third-order valence-electron chi connectivity index (χ3n) is 2.73. The Kier molecular flexibility index (Phi) is 1.22. The summed E-state index contributed by atoms with van der Waals surface area (Å²) in [6.45, 7) is 4.40. The summed E-state index contributed by atoms with van der Waals surface area (Å²) in [4.78, 5) is 6.38. The van der Waals surface area contributed by atoms with E-state index in [1.54, 1.807) is 0 Å². The molecular formula is C8H13N3. The predicted octanol–water partition coefficient (Wildman–Crippen LogP) is 0.537. The Bertz CT molecular complexity index is 221. The fraction of sp³-hybridized carbons (Fsp3) is 0.625. The first-order valence-electron chi connectivity index (χ1n) is 3.99. The van der Waals surface area contributed by atoms with E-state index in [9.17, 15) is 0 Å². The molecule has 2 N–H and O–H groups in total. The van der Waals surface area contributed by atoms with E-state index in [1.165, 1.54) is 0 Å². The van der Waals surface area contributed by atoms with Crippen molar-refractivity contribution < 1.29 is 0 Å². The average Bonchev–Trinajstić information content (AvgIpc) is 2.21. The van der Waals surface area contributed by atoms with Gasteiger partial charge < -0.3 is 10.6 Å². The van der Waals surface area contributed by atoms with Gasteiger partial charge in [0.1, 0.15) is 5.82 Å². The lowest BCUT2D eigenvalue weighted by Gasteiger charge is -2.49. The summed E-state index contributed by atoms with van der Waals surface area (Å²) in [6.07, 6.45) is 3.92. The Morgan fingerprint density at radius 1 is 1.45 bits per heavy atom. The third kappa shape index (κ3) is 0.768. The second-order valence-electron chi connectivity index (χ2n) is 3.34. The number of aliphatic imine (C=N–C) groups is 1. The van der Waals surface area contributed by atoms with Gasteiger partial charge in [0.15, 0.2) is 0 Å². The summed E-state index contributed by atoms with van der Waals surface area (Å²) >= 11 is 0. The largest absolute Gasteiger partial charge is 0.383 e. The van der Waals surface area contributed by atoms with Gasteiger partial charge in [-0.3, -0.25) is 0 Å². The van der Waals surface area contributed by atoms with Crippen LogP contribution in [0.5, 0.6) is 0 Å². The van der Waals surface area contributed by atoms with Gasteiger partial charge in [0.25, 0.3) is 0 Å². The van der Waals surface area contributed by atoms with Crippen LogP contribution in [0.3, 0.4) is 0 Å². The van der Waals surface area contributed by atoms with Gasteiger partial charge >= 0.3 is 0 Å². The number of nitrogens with two attached hydrogens (primary N) is 1. The minimum absolute atomic E-state index is 0.579. The van der Waals surface area contributed by atoms with Gasteiger partial charge in [-0.2, -0.15) is 0 Å². The molecule has 3 aliphatic heterocycles. The highest BCUT2D eigenvalue weighted by atomic mass is 15.3. The molecule has 3 aliphatic rings. The number of fused-ring (bicyclic) bond motifs is 1. The summed E-state index contributed by atoms with van der Waals surface area (Å²) in [5, 5.41) is 0. The highest BCUT2D eigenvalue weighted by Crippen LogP contribution is 2.33. The highest BCUT2D eigenvalue weighted by Gasteiger charge is 2.41. The Morgan fingerprint density at radius 2 is 2.09 bits per heavy atom. The fourth-order valence-electron chi connectivity index (χ4n) is 1.91.